The fourth-order valence-electron chi connectivity index (χ4n) is 1.69. The van der Waals surface area contributed by atoms with Gasteiger partial charge in [0, 0.05) is 20.0 Å². The molecule has 2 N–H and O–H groups in total. The maximum absolute atomic E-state index is 5.24. The minimum atomic E-state index is 0.607. The van der Waals surface area contributed by atoms with Crippen molar-refractivity contribution in [3.63, 3.8) is 0 Å². The van der Waals surface area contributed by atoms with Gasteiger partial charge in [0.2, 0.25) is 5.89 Å². The lowest BCUT2D eigenvalue weighted by atomic mass is 10.3. The molecule has 0 aromatic carbocycles. The molecule has 2 heterocycles. The average Bonchev–Trinajstić information content (AvgIpc) is 3.09. The van der Waals surface area contributed by atoms with Crippen LogP contribution in [-0.2, 0) is 13.0 Å². The van der Waals surface area contributed by atoms with E-state index in [1.54, 1.807) is 13.3 Å². The van der Waals surface area contributed by atoms with E-state index < -0.39 is 0 Å². The van der Waals surface area contributed by atoms with Crippen molar-refractivity contribution in [2.24, 2.45) is 4.99 Å². The van der Waals surface area contributed by atoms with E-state index in [9.17, 15) is 0 Å². The normalized spacial score (nSPS) is 11.6. The van der Waals surface area contributed by atoms with Crippen LogP contribution in [0.4, 0.5) is 0 Å². The summed E-state index contributed by atoms with van der Waals surface area (Å²) in [6, 6.07) is 3.78. The lowest BCUT2D eigenvalue weighted by Gasteiger charge is -2.10. The van der Waals surface area contributed by atoms with E-state index in [1.807, 2.05) is 19.1 Å². The molecule has 0 bridgehead atoms. The number of aryl methyl sites for hydroxylation is 2. The fourth-order valence-corrected chi connectivity index (χ4v) is 1.69. The number of rotatable bonds is 6. The number of aromatic nitrogens is 2. The zero-order valence-electron chi connectivity index (χ0n) is 11.7. The first kappa shape index (κ1) is 14.1. The first-order valence-corrected chi connectivity index (χ1v) is 6.54. The standard InChI is InChI=1S/C13H19N5O2/c1-10-17-12(20-18-10)6-3-7-15-13(14-2)16-9-11-5-4-8-19-11/h4-5,8H,3,6-7,9H2,1-2H3,(H2,14,15,16). The van der Waals surface area contributed by atoms with Gasteiger partial charge in [-0.15, -0.1) is 0 Å². The highest BCUT2D eigenvalue weighted by Gasteiger charge is 2.03. The minimum absolute atomic E-state index is 0.607. The van der Waals surface area contributed by atoms with Gasteiger partial charge in [0.05, 0.1) is 12.8 Å². The Kier molecular flexibility index (Phi) is 5.16. The molecule has 2 rings (SSSR count). The van der Waals surface area contributed by atoms with Gasteiger partial charge in [0.15, 0.2) is 11.8 Å². The molecule has 2 aromatic heterocycles. The topological polar surface area (TPSA) is 88.5 Å². The molecule has 0 aliphatic carbocycles. The molecular formula is C13H19N5O2. The van der Waals surface area contributed by atoms with Gasteiger partial charge < -0.3 is 19.6 Å². The van der Waals surface area contributed by atoms with Crippen LogP contribution in [0.15, 0.2) is 32.3 Å². The number of guanidine groups is 1. The smallest absolute Gasteiger partial charge is 0.226 e. The third kappa shape index (κ3) is 4.42. The number of furan rings is 1. The van der Waals surface area contributed by atoms with Crippen LogP contribution in [-0.4, -0.2) is 29.7 Å². The lowest BCUT2D eigenvalue weighted by Crippen LogP contribution is -2.37. The van der Waals surface area contributed by atoms with E-state index in [0.717, 1.165) is 31.1 Å². The quantitative estimate of drug-likeness (QED) is 0.469. The van der Waals surface area contributed by atoms with E-state index in [-0.39, 0.29) is 0 Å². The molecule has 0 atom stereocenters. The second-order valence-electron chi connectivity index (χ2n) is 4.27. The molecular weight excluding hydrogens is 258 g/mol. The Morgan fingerprint density at radius 2 is 2.30 bits per heavy atom. The summed E-state index contributed by atoms with van der Waals surface area (Å²) in [7, 11) is 1.73. The summed E-state index contributed by atoms with van der Waals surface area (Å²) in [6.45, 7) is 3.19. The first-order chi connectivity index (χ1) is 9.78. The monoisotopic (exact) mass is 277 g/mol. The zero-order chi connectivity index (χ0) is 14.2. The number of hydrogen-bond acceptors (Lipinski definition) is 5. The highest BCUT2D eigenvalue weighted by Crippen LogP contribution is 2.00. The summed E-state index contributed by atoms with van der Waals surface area (Å²) < 4.78 is 10.3. The van der Waals surface area contributed by atoms with Crippen molar-refractivity contribution < 1.29 is 8.94 Å². The van der Waals surface area contributed by atoms with Crippen LogP contribution >= 0.6 is 0 Å². The van der Waals surface area contributed by atoms with Crippen LogP contribution in [0.25, 0.3) is 0 Å². The van der Waals surface area contributed by atoms with Crippen molar-refractivity contribution in [3.8, 4) is 0 Å². The molecule has 0 unspecified atom stereocenters. The third-order valence-corrected chi connectivity index (χ3v) is 2.66. The summed E-state index contributed by atoms with van der Waals surface area (Å²) >= 11 is 0. The van der Waals surface area contributed by atoms with Crippen molar-refractivity contribution in [1.82, 2.24) is 20.8 Å². The minimum Gasteiger partial charge on any atom is -0.467 e. The van der Waals surface area contributed by atoms with Crippen LogP contribution in [0.3, 0.4) is 0 Å². The van der Waals surface area contributed by atoms with Crippen LogP contribution < -0.4 is 10.6 Å². The van der Waals surface area contributed by atoms with Crippen molar-refractivity contribution in [1.29, 1.82) is 0 Å². The molecule has 0 spiro atoms. The van der Waals surface area contributed by atoms with E-state index in [0.29, 0.717) is 18.3 Å². The fraction of sp³-hybridized carbons (Fsp3) is 0.462. The van der Waals surface area contributed by atoms with Crippen LogP contribution in [0.1, 0.15) is 23.9 Å². The Morgan fingerprint density at radius 1 is 1.40 bits per heavy atom. The number of nitrogens with one attached hydrogen (secondary N) is 2. The van der Waals surface area contributed by atoms with Gasteiger partial charge in [0.1, 0.15) is 5.76 Å². The maximum atomic E-state index is 5.24. The Balaban J connectivity index is 1.64. The predicted octanol–water partition coefficient (Wildman–Crippen LogP) is 1.27. The van der Waals surface area contributed by atoms with E-state index in [1.165, 1.54) is 0 Å². The molecule has 20 heavy (non-hydrogen) atoms. The van der Waals surface area contributed by atoms with Gasteiger partial charge in [-0.25, -0.2) is 0 Å². The van der Waals surface area contributed by atoms with Crippen LogP contribution in [0.5, 0.6) is 0 Å². The molecule has 0 saturated carbocycles. The summed E-state index contributed by atoms with van der Waals surface area (Å²) in [5.74, 6) is 2.95. The highest BCUT2D eigenvalue weighted by molar-refractivity contribution is 5.79. The molecule has 0 aliphatic rings. The Bertz CT molecular complexity index is 533. The number of hydrogen-bond donors (Lipinski definition) is 2. The van der Waals surface area contributed by atoms with Crippen molar-refractivity contribution in [2.45, 2.75) is 26.3 Å². The second-order valence-corrected chi connectivity index (χ2v) is 4.27. The second kappa shape index (κ2) is 7.32. The van der Waals surface area contributed by atoms with Crippen LogP contribution in [0, 0.1) is 6.92 Å². The Hall–Kier alpha value is -2.31. The SMILES string of the molecule is CN=C(NCCCc1nc(C)no1)NCc1ccco1. The summed E-state index contributed by atoms with van der Waals surface area (Å²) in [6.07, 6.45) is 3.30. The molecule has 0 radical (unpaired) electrons. The molecule has 2 aromatic rings. The van der Waals surface area contributed by atoms with Gasteiger partial charge in [-0.3, -0.25) is 4.99 Å². The third-order valence-electron chi connectivity index (χ3n) is 2.66. The Labute approximate surface area is 117 Å². The number of nitrogens with zero attached hydrogens (tertiary/aromatic N) is 3. The Morgan fingerprint density at radius 3 is 2.95 bits per heavy atom. The van der Waals surface area contributed by atoms with Gasteiger partial charge in [-0.05, 0) is 25.5 Å². The molecule has 0 aliphatic heterocycles. The summed E-state index contributed by atoms with van der Waals surface area (Å²) in [5, 5.41) is 10.1. The van der Waals surface area contributed by atoms with Gasteiger partial charge >= 0.3 is 0 Å². The molecule has 0 saturated heterocycles. The molecule has 108 valence electrons. The lowest BCUT2D eigenvalue weighted by molar-refractivity contribution is 0.372. The van der Waals surface area contributed by atoms with Gasteiger partial charge in [-0.1, -0.05) is 5.16 Å². The average molecular weight is 277 g/mol. The zero-order valence-corrected chi connectivity index (χ0v) is 11.7. The van der Waals surface area contributed by atoms with Crippen molar-refractivity contribution >= 4 is 5.96 Å². The number of aliphatic imine (C=N–C) groups is 1. The van der Waals surface area contributed by atoms with Gasteiger partial charge in [-0.2, -0.15) is 4.98 Å². The predicted molar refractivity (Wildman–Crippen MR) is 74.3 cm³/mol. The summed E-state index contributed by atoms with van der Waals surface area (Å²) in [4.78, 5) is 8.29. The summed E-state index contributed by atoms with van der Waals surface area (Å²) in [5.41, 5.74) is 0. The van der Waals surface area contributed by atoms with Crippen LogP contribution in [0.2, 0.25) is 0 Å². The van der Waals surface area contributed by atoms with Crippen molar-refractivity contribution in [3.05, 3.63) is 35.9 Å². The maximum Gasteiger partial charge on any atom is 0.226 e. The van der Waals surface area contributed by atoms with E-state index >= 15 is 0 Å². The molecule has 7 nitrogen and oxygen atoms in total. The van der Waals surface area contributed by atoms with Gasteiger partial charge in [0.25, 0.3) is 0 Å². The largest absolute Gasteiger partial charge is 0.467 e. The molecule has 0 amide bonds. The van der Waals surface area contributed by atoms with E-state index in [2.05, 4.69) is 25.8 Å². The molecule has 0 fully saturated rings. The van der Waals surface area contributed by atoms with Crippen molar-refractivity contribution in [2.75, 3.05) is 13.6 Å². The molecule has 7 heteroatoms. The highest BCUT2D eigenvalue weighted by atomic mass is 16.5. The van der Waals surface area contributed by atoms with E-state index in [4.69, 9.17) is 8.94 Å². The first-order valence-electron chi connectivity index (χ1n) is 6.54.